The third-order valence-electron chi connectivity index (χ3n) is 4.06. The Balaban J connectivity index is 1.81. The summed E-state index contributed by atoms with van der Waals surface area (Å²) in [7, 11) is -2.41. The monoisotopic (exact) mass is 486 g/mol. The summed E-state index contributed by atoms with van der Waals surface area (Å²) in [5.41, 5.74) is 1.54. The molecule has 0 radical (unpaired) electrons. The lowest BCUT2D eigenvalue weighted by atomic mass is 10.2. The van der Waals surface area contributed by atoms with Crippen LogP contribution in [-0.4, -0.2) is 21.4 Å². The van der Waals surface area contributed by atoms with E-state index in [1.807, 2.05) is 30.3 Å². The van der Waals surface area contributed by atoms with E-state index < -0.39 is 15.9 Å². The topological polar surface area (TPSA) is 84.5 Å². The van der Waals surface area contributed by atoms with E-state index in [9.17, 15) is 13.2 Å². The number of carbonyl (C=O) groups is 1. The lowest BCUT2D eigenvalue weighted by Gasteiger charge is -2.13. The van der Waals surface area contributed by atoms with Gasteiger partial charge in [-0.15, -0.1) is 0 Å². The fourth-order valence-electron chi connectivity index (χ4n) is 2.59. The van der Waals surface area contributed by atoms with Gasteiger partial charge in [-0.3, -0.25) is 9.52 Å². The van der Waals surface area contributed by atoms with Crippen LogP contribution in [0.25, 0.3) is 6.08 Å². The molecule has 0 bridgehead atoms. The molecule has 0 atom stereocenters. The first-order valence-electron chi connectivity index (χ1n) is 8.88. The minimum atomic E-state index is -3.85. The van der Waals surface area contributed by atoms with Gasteiger partial charge in [0.2, 0.25) is 5.91 Å². The molecule has 8 heteroatoms. The van der Waals surface area contributed by atoms with Crippen molar-refractivity contribution in [1.82, 2.24) is 0 Å². The molecule has 0 unspecified atom stereocenters. The van der Waals surface area contributed by atoms with E-state index in [2.05, 4.69) is 26.0 Å². The van der Waals surface area contributed by atoms with Crippen molar-refractivity contribution in [3.63, 3.8) is 0 Å². The summed E-state index contributed by atoms with van der Waals surface area (Å²) in [6.45, 7) is 0. The number of nitrogens with one attached hydrogen (secondary N) is 2. The highest BCUT2D eigenvalue weighted by Crippen LogP contribution is 2.28. The fourth-order valence-corrected chi connectivity index (χ4v) is 3.94. The van der Waals surface area contributed by atoms with E-state index in [0.717, 1.165) is 10.0 Å². The zero-order valence-corrected chi connectivity index (χ0v) is 18.4. The number of amides is 1. The Labute approximate surface area is 183 Å². The highest BCUT2D eigenvalue weighted by molar-refractivity contribution is 9.10. The van der Waals surface area contributed by atoms with Gasteiger partial charge in [-0.1, -0.05) is 46.3 Å². The van der Waals surface area contributed by atoms with Crippen LogP contribution >= 0.6 is 15.9 Å². The Kier molecular flexibility index (Phi) is 6.91. The molecule has 0 saturated carbocycles. The number of benzene rings is 3. The van der Waals surface area contributed by atoms with Crippen molar-refractivity contribution < 1.29 is 17.9 Å². The molecule has 2 N–H and O–H groups in total. The zero-order valence-electron chi connectivity index (χ0n) is 16.0. The first-order valence-corrected chi connectivity index (χ1v) is 11.2. The first kappa shape index (κ1) is 21.6. The third kappa shape index (κ3) is 5.71. The van der Waals surface area contributed by atoms with Gasteiger partial charge in [0.15, 0.2) is 0 Å². The van der Waals surface area contributed by atoms with Crippen molar-refractivity contribution in [1.29, 1.82) is 0 Å². The van der Waals surface area contributed by atoms with Crippen molar-refractivity contribution in [3.05, 3.63) is 88.9 Å². The molecule has 3 aromatic carbocycles. The Hall–Kier alpha value is -3.10. The van der Waals surface area contributed by atoms with Crippen LogP contribution in [0.2, 0.25) is 0 Å². The lowest BCUT2D eigenvalue weighted by molar-refractivity contribution is -0.111. The maximum Gasteiger partial charge on any atom is 0.261 e. The van der Waals surface area contributed by atoms with Crippen molar-refractivity contribution >= 4 is 49.3 Å². The first-order chi connectivity index (χ1) is 14.4. The molecule has 154 valence electrons. The third-order valence-corrected chi connectivity index (χ3v) is 5.97. The van der Waals surface area contributed by atoms with Crippen LogP contribution < -0.4 is 14.8 Å². The zero-order chi connectivity index (χ0) is 21.6. The highest BCUT2D eigenvalue weighted by Gasteiger charge is 2.17. The van der Waals surface area contributed by atoms with Gasteiger partial charge in [0.05, 0.1) is 17.7 Å². The summed E-state index contributed by atoms with van der Waals surface area (Å²) >= 11 is 3.31. The molecular formula is C22H19BrN2O4S. The Bertz CT molecular complexity index is 1160. The van der Waals surface area contributed by atoms with Gasteiger partial charge in [0.1, 0.15) is 5.75 Å². The number of sulfonamides is 1. The van der Waals surface area contributed by atoms with Gasteiger partial charge in [-0.2, -0.15) is 0 Å². The summed E-state index contributed by atoms with van der Waals surface area (Å²) in [6, 6.07) is 20.4. The summed E-state index contributed by atoms with van der Waals surface area (Å²) < 4.78 is 34.1. The molecule has 0 aromatic heterocycles. The van der Waals surface area contributed by atoms with Crippen LogP contribution in [-0.2, 0) is 14.8 Å². The molecule has 0 fully saturated rings. The van der Waals surface area contributed by atoms with Crippen LogP contribution in [0.15, 0.2) is 88.2 Å². The van der Waals surface area contributed by atoms with Crippen LogP contribution in [0.5, 0.6) is 5.75 Å². The van der Waals surface area contributed by atoms with Crippen LogP contribution in [0, 0.1) is 0 Å². The number of rotatable bonds is 7. The average Bonchev–Trinajstić information content (AvgIpc) is 2.74. The van der Waals surface area contributed by atoms with Crippen LogP contribution in [0.4, 0.5) is 11.4 Å². The second-order valence-corrected chi connectivity index (χ2v) is 8.81. The number of hydrogen-bond donors (Lipinski definition) is 2. The quantitative estimate of drug-likeness (QED) is 0.464. The van der Waals surface area contributed by atoms with Gasteiger partial charge in [0.25, 0.3) is 10.0 Å². The lowest BCUT2D eigenvalue weighted by Crippen LogP contribution is -2.14. The Morgan fingerprint density at radius 3 is 2.37 bits per heavy atom. The van der Waals surface area contributed by atoms with Crippen molar-refractivity contribution in [3.8, 4) is 5.75 Å². The van der Waals surface area contributed by atoms with Gasteiger partial charge < -0.3 is 10.1 Å². The molecule has 0 aliphatic rings. The van der Waals surface area contributed by atoms with E-state index >= 15 is 0 Å². The Morgan fingerprint density at radius 2 is 1.70 bits per heavy atom. The summed E-state index contributed by atoms with van der Waals surface area (Å²) in [5.74, 6) is -0.0633. The van der Waals surface area contributed by atoms with Gasteiger partial charge in [-0.25, -0.2) is 8.42 Å². The largest absolute Gasteiger partial charge is 0.495 e. The van der Waals surface area contributed by atoms with E-state index in [-0.39, 0.29) is 10.6 Å². The molecule has 0 aliphatic carbocycles. The van der Waals surface area contributed by atoms with E-state index in [1.54, 1.807) is 30.3 Å². The number of carbonyl (C=O) groups excluding carboxylic acids is 1. The standard InChI is InChI=1S/C22H19BrN2O4S/c1-29-21-13-12-19(30(27,28)25-18-10-8-17(23)9-11-18)15-20(21)24-22(26)14-7-16-5-3-2-4-6-16/h2-15,25H,1H3,(H,24,26). The fraction of sp³-hybridized carbons (Fsp3) is 0.0455. The van der Waals surface area contributed by atoms with E-state index in [0.29, 0.717) is 11.4 Å². The summed E-state index contributed by atoms with van der Waals surface area (Å²) in [5, 5.41) is 2.67. The minimum absolute atomic E-state index is 0.00597. The van der Waals surface area contributed by atoms with Crippen molar-refractivity contribution in [2.75, 3.05) is 17.1 Å². The molecule has 0 saturated heterocycles. The molecule has 3 rings (SSSR count). The van der Waals surface area contributed by atoms with Crippen molar-refractivity contribution in [2.45, 2.75) is 4.90 Å². The molecular weight excluding hydrogens is 468 g/mol. The van der Waals surface area contributed by atoms with Gasteiger partial charge in [-0.05, 0) is 54.1 Å². The van der Waals surface area contributed by atoms with E-state index in [4.69, 9.17) is 4.74 Å². The number of methoxy groups -OCH3 is 1. The molecule has 3 aromatic rings. The second-order valence-electron chi connectivity index (χ2n) is 6.21. The maximum absolute atomic E-state index is 12.7. The molecule has 0 spiro atoms. The number of anilines is 2. The van der Waals surface area contributed by atoms with Crippen LogP contribution in [0.1, 0.15) is 5.56 Å². The van der Waals surface area contributed by atoms with Gasteiger partial charge >= 0.3 is 0 Å². The smallest absolute Gasteiger partial charge is 0.261 e. The SMILES string of the molecule is COc1ccc(S(=O)(=O)Nc2ccc(Br)cc2)cc1NC(=O)C=Cc1ccccc1. The molecule has 0 heterocycles. The van der Waals surface area contributed by atoms with Crippen LogP contribution in [0.3, 0.4) is 0 Å². The highest BCUT2D eigenvalue weighted by atomic mass is 79.9. The maximum atomic E-state index is 12.7. The van der Waals surface area contributed by atoms with Gasteiger partial charge in [0, 0.05) is 16.2 Å². The number of halogens is 1. The average molecular weight is 487 g/mol. The Morgan fingerprint density at radius 1 is 1.00 bits per heavy atom. The predicted molar refractivity (Wildman–Crippen MR) is 122 cm³/mol. The second kappa shape index (κ2) is 9.60. The minimum Gasteiger partial charge on any atom is -0.495 e. The van der Waals surface area contributed by atoms with E-state index in [1.165, 1.54) is 31.4 Å². The summed E-state index contributed by atoms with van der Waals surface area (Å²) in [4.78, 5) is 12.3. The molecule has 0 aliphatic heterocycles. The summed E-state index contributed by atoms with van der Waals surface area (Å²) in [6.07, 6.45) is 3.04. The predicted octanol–water partition coefficient (Wildman–Crippen LogP) is 4.91. The molecule has 1 amide bonds. The molecule has 30 heavy (non-hydrogen) atoms. The molecule has 6 nitrogen and oxygen atoms in total. The number of ether oxygens (including phenoxy) is 1. The normalized spacial score (nSPS) is 11.3. The number of hydrogen-bond acceptors (Lipinski definition) is 4. The van der Waals surface area contributed by atoms with Crippen molar-refractivity contribution in [2.24, 2.45) is 0 Å².